The fourth-order valence-corrected chi connectivity index (χ4v) is 2.47. The van der Waals surface area contributed by atoms with Crippen molar-refractivity contribution in [3.63, 3.8) is 0 Å². The lowest BCUT2D eigenvalue weighted by atomic mass is 10.0. The summed E-state index contributed by atoms with van der Waals surface area (Å²) in [5.74, 6) is 1.85. The average Bonchev–Trinajstić information content (AvgIpc) is 3.09. The zero-order valence-corrected chi connectivity index (χ0v) is 12.7. The third-order valence-corrected chi connectivity index (χ3v) is 3.61. The normalized spacial score (nSPS) is 17.6. The molecule has 1 atom stereocenters. The Kier molecular flexibility index (Phi) is 4.92. The minimum absolute atomic E-state index is 0.345. The monoisotopic (exact) mass is 300 g/mol. The van der Waals surface area contributed by atoms with Crippen molar-refractivity contribution < 1.29 is 9.47 Å². The molecule has 0 radical (unpaired) electrons. The minimum atomic E-state index is 0.345. The highest BCUT2D eigenvalue weighted by atomic mass is 16.5. The first kappa shape index (κ1) is 14.9. The van der Waals surface area contributed by atoms with Crippen molar-refractivity contribution in [1.82, 2.24) is 15.0 Å². The van der Waals surface area contributed by atoms with Crippen LogP contribution in [0.25, 0.3) is 0 Å². The fraction of sp³-hybridized carbons (Fsp3) is 0.438. The first-order chi connectivity index (χ1) is 10.8. The molecule has 1 fully saturated rings. The van der Waals surface area contributed by atoms with E-state index in [4.69, 9.17) is 9.47 Å². The van der Waals surface area contributed by atoms with E-state index in [1.807, 2.05) is 24.4 Å². The molecular weight excluding hydrogens is 280 g/mol. The van der Waals surface area contributed by atoms with E-state index in [-0.39, 0.29) is 0 Å². The van der Waals surface area contributed by atoms with Gasteiger partial charge in [-0.3, -0.25) is 4.98 Å². The Morgan fingerprint density at radius 1 is 1.41 bits per heavy atom. The van der Waals surface area contributed by atoms with Gasteiger partial charge in [0.25, 0.3) is 0 Å². The molecule has 1 aliphatic rings. The maximum Gasteiger partial charge on any atom is 0.156 e. The van der Waals surface area contributed by atoms with Crippen LogP contribution in [0.3, 0.4) is 0 Å². The molecule has 116 valence electrons. The Morgan fingerprint density at radius 2 is 2.36 bits per heavy atom. The Hall–Kier alpha value is -2.05. The van der Waals surface area contributed by atoms with E-state index >= 15 is 0 Å². The van der Waals surface area contributed by atoms with Crippen LogP contribution in [-0.4, -0.2) is 35.3 Å². The van der Waals surface area contributed by atoms with Gasteiger partial charge < -0.3 is 14.8 Å². The highest BCUT2D eigenvalue weighted by Crippen LogP contribution is 2.25. The zero-order chi connectivity index (χ0) is 15.2. The second-order valence-electron chi connectivity index (χ2n) is 5.30. The summed E-state index contributed by atoms with van der Waals surface area (Å²) in [6.07, 6.45) is 4.62. The number of hydrogen-bond acceptors (Lipinski definition) is 6. The van der Waals surface area contributed by atoms with Crippen LogP contribution in [0.4, 0.5) is 5.82 Å². The van der Waals surface area contributed by atoms with Crippen LogP contribution in [0.15, 0.2) is 30.6 Å². The summed E-state index contributed by atoms with van der Waals surface area (Å²) < 4.78 is 10.6. The van der Waals surface area contributed by atoms with Crippen LogP contribution in [0.2, 0.25) is 0 Å². The number of pyridine rings is 1. The summed E-state index contributed by atoms with van der Waals surface area (Å²) in [5, 5.41) is 3.34. The summed E-state index contributed by atoms with van der Waals surface area (Å²) >= 11 is 0. The smallest absolute Gasteiger partial charge is 0.156 e. The average molecular weight is 300 g/mol. The molecule has 0 saturated carbocycles. The Morgan fingerprint density at radius 3 is 3.09 bits per heavy atom. The van der Waals surface area contributed by atoms with Gasteiger partial charge in [0.05, 0.1) is 12.3 Å². The number of ether oxygens (including phenoxy) is 2. The number of nitrogens with zero attached hydrogens (tertiary/aromatic N) is 3. The van der Waals surface area contributed by atoms with E-state index in [9.17, 15) is 0 Å². The zero-order valence-electron chi connectivity index (χ0n) is 12.7. The standard InChI is InChI=1S/C16H20N4O2/c1-21-11-16-19-14(13-4-6-22-10-13)7-15(20-16)18-9-12-3-2-5-17-8-12/h2-3,5,7-8,13H,4,6,9-11H2,1H3,(H,18,19,20). The molecule has 1 aliphatic heterocycles. The molecule has 6 nitrogen and oxygen atoms in total. The SMILES string of the molecule is COCc1nc(NCc2cccnc2)cc(C2CCOC2)n1. The summed E-state index contributed by atoms with van der Waals surface area (Å²) in [5.41, 5.74) is 2.13. The van der Waals surface area contributed by atoms with Crippen molar-refractivity contribution in [2.45, 2.75) is 25.5 Å². The van der Waals surface area contributed by atoms with Gasteiger partial charge in [0.15, 0.2) is 5.82 Å². The lowest BCUT2D eigenvalue weighted by Crippen LogP contribution is -2.10. The third-order valence-electron chi connectivity index (χ3n) is 3.61. The topological polar surface area (TPSA) is 69.2 Å². The maximum absolute atomic E-state index is 5.46. The molecule has 0 aliphatic carbocycles. The molecule has 0 amide bonds. The molecule has 3 rings (SSSR count). The van der Waals surface area contributed by atoms with Gasteiger partial charge in [0, 0.05) is 44.6 Å². The van der Waals surface area contributed by atoms with Gasteiger partial charge in [-0.1, -0.05) is 6.07 Å². The van der Waals surface area contributed by atoms with Gasteiger partial charge in [-0.2, -0.15) is 0 Å². The number of anilines is 1. The third kappa shape index (κ3) is 3.78. The van der Waals surface area contributed by atoms with Gasteiger partial charge >= 0.3 is 0 Å². The quantitative estimate of drug-likeness (QED) is 0.881. The number of hydrogen-bond donors (Lipinski definition) is 1. The molecule has 0 bridgehead atoms. The molecule has 22 heavy (non-hydrogen) atoms. The molecule has 6 heteroatoms. The second kappa shape index (κ2) is 7.29. The van der Waals surface area contributed by atoms with Crippen molar-refractivity contribution >= 4 is 5.82 Å². The fourth-order valence-electron chi connectivity index (χ4n) is 2.47. The number of rotatable bonds is 6. The van der Waals surface area contributed by atoms with Crippen molar-refractivity contribution in [2.24, 2.45) is 0 Å². The van der Waals surface area contributed by atoms with Gasteiger partial charge in [0.1, 0.15) is 12.4 Å². The number of aromatic nitrogens is 3. The molecule has 3 heterocycles. The van der Waals surface area contributed by atoms with Crippen LogP contribution in [-0.2, 0) is 22.6 Å². The van der Waals surface area contributed by atoms with Crippen LogP contribution < -0.4 is 5.32 Å². The lowest BCUT2D eigenvalue weighted by Gasteiger charge is -2.12. The summed E-state index contributed by atoms with van der Waals surface area (Å²) in [6, 6.07) is 5.96. The predicted molar refractivity (Wildman–Crippen MR) is 82.5 cm³/mol. The van der Waals surface area contributed by atoms with Crippen LogP contribution in [0, 0.1) is 0 Å². The van der Waals surface area contributed by atoms with E-state index in [2.05, 4.69) is 20.3 Å². The van der Waals surface area contributed by atoms with Gasteiger partial charge in [-0.05, 0) is 18.1 Å². The van der Waals surface area contributed by atoms with E-state index in [1.54, 1.807) is 13.3 Å². The van der Waals surface area contributed by atoms with Crippen LogP contribution in [0.1, 0.15) is 29.4 Å². The Bertz CT molecular complexity index is 600. The first-order valence-corrected chi connectivity index (χ1v) is 7.42. The molecular formula is C16H20N4O2. The molecule has 2 aromatic rings. The highest BCUT2D eigenvalue weighted by molar-refractivity contribution is 5.38. The van der Waals surface area contributed by atoms with E-state index in [1.165, 1.54) is 0 Å². The summed E-state index contributed by atoms with van der Waals surface area (Å²) in [4.78, 5) is 13.2. The van der Waals surface area contributed by atoms with Crippen molar-refractivity contribution in [3.8, 4) is 0 Å². The van der Waals surface area contributed by atoms with Crippen molar-refractivity contribution in [1.29, 1.82) is 0 Å². The molecule has 1 saturated heterocycles. The van der Waals surface area contributed by atoms with Gasteiger partial charge in [0.2, 0.25) is 0 Å². The molecule has 0 spiro atoms. The van der Waals surface area contributed by atoms with Crippen molar-refractivity contribution in [2.75, 3.05) is 25.6 Å². The molecule has 1 unspecified atom stereocenters. The summed E-state index contributed by atoms with van der Waals surface area (Å²) in [7, 11) is 1.65. The summed E-state index contributed by atoms with van der Waals surface area (Å²) in [6.45, 7) is 2.61. The second-order valence-corrected chi connectivity index (χ2v) is 5.30. The van der Waals surface area contributed by atoms with Gasteiger partial charge in [-0.25, -0.2) is 9.97 Å². The Labute approximate surface area is 129 Å². The maximum atomic E-state index is 5.46. The molecule has 2 aromatic heterocycles. The van der Waals surface area contributed by atoms with E-state index in [0.29, 0.717) is 24.9 Å². The first-order valence-electron chi connectivity index (χ1n) is 7.42. The Balaban J connectivity index is 1.76. The number of nitrogens with one attached hydrogen (secondary N) is 1. The predicted octanol–water partition coefficient (Wildman–Crippen LogP) is 2.13. The number of methoxy groups -OCH3 is 1. The highest BCUT2D eigenvalue weighted by Gasteiger charge is 2.20. The van der Waals surface area contributed by atoms with Crippen LogP contribution in [0.5, 0.6) is 0 Å². The van der Waals surface area contributed by atoms with Crippen LogP contribution >= 0.6 is 0 Å². The lowest BCUT2D eigenvalue weighted by molar-refractivity contribution is 0.177. The largest absolute Gasteiger partial charge is 0.381 e. The minimum Gasteiger partial charge on any atom is -0.381 e. The van der Waals surface area contributed by atoms with E-state index < -0.39 is 0 Å². The molecule has 1 N–H and O–H groups in total. The molecule has 0 aromatic carbocycles. The van der Waals surface area contributed by atoms with E-state index in [0.717, 1.165) is 36.7 Å². The van der Waals surface area contributed by atoms with Crippen molar-refractivity contribution in [3.05, 3.63) is 47.7 Å². The van der Waals surface area contributed by atoms with Gasteiger partial charge in [-0.15, -0.1) is 0 Å².